The minimum absolute atomic E-state index is 0.00201. The summed E-state index contributed by atoms with van der Waals surface area (Å²) in [5.74, 6) is -2.05. The number of fused-ring (bicyclic) bond motifs is 2. The highest BCUT2D eigenvalue weighted by Gasteiger charge is 2.48. The van der Waals surface area contributed by atoms with E-state index in [0.29, 0.717) is 0 Å². The lowest BCUT2D eigenvalue weighted by atomic mass is 9.99. The minimum atomic E-state index is -1.88. The van der Waals surface area contributed by atoms with Crippen LogP contribution in [0.15, 0.2) is 33.5 Å². The van der Waals surface area contributed by atoms with Crippen LogP contribution in [0.4, 0.5) is 0 Å². The van der Waals surface area contributed by atoms with Gasteiger partial charge in [-0.25, -0.2) is 4.79 Å². The Morgan fingerprint density at radius 2 is 1.76 bits per heavy atom. The van der Waals surface area contributed by atoms with Gasteiger partial charge in [-0.05, 0) is 18.2 Å². The van der Waals surface area contributed by atoms with Crippen LogP contribution in [0.2, 0.25) is 0 Å². The number of carboxylic acids is 1. The number of aliphatic carboxylic acids is 1. The molecular formula is C24H22O14. The molecule has 3 aromatic rings. The summed E-state index contributed by atoms with van der Waals surface area (Å²) in [6, 6.07) is 5.62. The smallest absolute Gasteiger partial charge is 0.335 e. The Labute approximate surface area is 212 Å². The molecule has 5 atom stereocenters. The van der Waals surface area contributed by atoms with Crippen LogP contribution in [0.25, 0.3) is 22.3 Å². The first-order valence-corrected chi connectivity index (χ1v) is 11.1. The van der Waals surface area contributed by atoms with Crippen molar-refractivity contribution in [1.29, 1.82) is 0 Å². The molecule has 2 aromatic carbocycles. The Morgan fingerprint density at radius 3 is 2.45 bits per heavy atom. The summed E-state index contributed by atoms with van der Waals surface area (Å²) in [5.41, 5.74) is -0.395. The maximum absolute atomic E-state index is 13.2. The van der Waals surface area contributed by atoms with Gasteiger partial charge in [0.2, 0.25) is 30.0 Å². The van der Waals surface area contributed by atoms with Crippen molar-refractivity contribution in [3.8, 4) is 45.8 Å². The molecule has 14 heteroatoms. The van der Waals surface area contributed by atoms with Crippen LogP contribution >= 0.6 is 0 Å². The predicted octanol–water partition coefficient (Wildman–Crippen LogP) is 0.182. The number of aliphatic hydroxyl groups excluding tert-OH is 3. The van der Waals surface area contributed by atoms with E-state index in [2.05, 4.69) is 0 Å². The van der Waals surface area contributed by atoms with E-state index in [1.807, 2.05) is 0 Å². The monoisotopic (exact) mass is 534 g/mol. The highest BCUT2D eigenvalue weighted by molar-refractivity contribution is 5.91. The maximum atomic E-state index is 13.2. The van der Waals surface area contributed by atoms with Crippen molar-refractivity contribution >= 4 is 16.9 Å². The maximum Gasteiger partial charge on any atom is 0.335 e. The lowest BCUT2D eigenvalue weighted by molar-refractivity contribution is -0.271. The first-order chi connectivity index (χ1) is 18.2. The molecule has 38 heavy (non-hydrogen) atoms. The second kappa shape index (κ2) is 9.57. The standard InChI is InChI=1S/C24H22O14/c1-32-10-5-8(3-4-9(10)37-24-18(29)16(27)17(28)22(38-24)23(30)31)19-21(33-2)15(26)13-11(36-19)6-12-20(14(13)25)35-7-34-12/h3-6,16-18,22,24-25,27-29H,7H2,1-2H3,(H,30,31)/t16-,17-,18+,22-,24+/m1/s1. The molecule has 0 radical (unpaired) electrons. The third-order valence-corrected chi connectivity index (χ3v) is 6.14. The van der Waals surface area contributed by atoms with Gasteiger partial charge < -0.3 is 58.4 Å². The van der Waals surface area contributed by atoms with Crippen LogP contribution in [0.5, 0.6) is 34.5 Å². The van der Waals surface area contributed by atoms with Gasteiger partial charge in [-0.3, -0.25) is 4.79 Å². The fourth-order valence-electron chi connectivity index (χ4n) is 4.23. The van der Waals surface area contributed by atoms with E-state index in [4.69, 9.17) is 32.8 Å². The number of benzene rings is 2. The highest BCUT2D eigenvalue weighted by Crippen LogP contribution is 2.46. The second-order valence-corrected chi connectivity index (χ2v) is 8.34. The number of carbonyl (C=O) groups is 1. The Kier molecular flexibility index (Phi) is 6.40. The van der Waals surface area contributed by atoms with E-state index in [-0.39, 0.29) is 57.8 Å². The summed E-state index contributed by atoms with van der Waals surface area (Å²) >= 11 is 0. The van der Waals surface area contributed by atoms with Crippen molar-refractivity contribution in [2.24, 2.45) is 0 Å². The van der Waals surface area contributed by atoms with Gasteiger partial charge in [0.15, 0.2) is 34.9 Å². The number of hydrogen-bond donors (Lipinski definition) is 5. The number of ether oxygens (including phenoxy) is 6. The third kappa shape index (κ3) is 3.99. The molecule has 202 valence electrons. The van der Waals surface area contributed by atoms with E-state index >= 15 is 0 Å². The summed E-state index contributed by atoms with van der Waals surface area (Å²) in [6.07, 6.45) is -9.05. The van der Waals surface area contributed by atoms with Crippen molar-refractivity contribution in [2.75, 3.05) is 21.0 Å². The molecule has 2 aliphatic rings. The zero-order valence-electron chi connectivity index (χ0n) is 19.8. The molecular weight excluding hydrogens is 512 g/mol. The first kappa shape index (κ1) is 25.4. The van der Waals surface area contributed by atoms with E-state index in [0.717, 1.165) is 0 Å². The van der Waals surface area contributed by atoms with Crippen LogP contribution in [-0.2, 0) is 9.53 Å². The molecule has 2 aliphatic heterocycles. The van der Waals surface area contributed by atoms with Gasteiger partial charge >= 0.3 is 5.97 Å². The van der Waals surface area contributed by atoms with E-state index in [1.165, 1.54) is 38.5 Å². The Balaban J connectivity index is 1.54. The number of aliphatic hydroxyl groups is 3. The summed E-state index contributed by atoms with van der Waals surface area (Å²) in [7, 11) is 2.55. The predicted molar refractivity (Wildman–Crippen MR) is 124 cm³/mol. The zero-order chi connectivity index (χ0) is 27.3. The fraction of sp³-hybridized carbons (Fsp3) is 0.333. The number of hydrogen-bond acceptors (Lipinski definition) is 13. The van der Waals surface area contributed by atoms with Gasteiger partial charge in [0.25, 0.3) is 0 Å². The first-order valence-electron chi connectivity index (χ1n) is 11.1. The Hall–Kier alpha value is -4.24. The van der Waals surface area contributed by atoms with Crippen molar-refractivity contribution in [3.05, 3.63) is 34.5 Å². The molecule has 0 unspecified atom stereocenters. The van der Waals surface area contributed by atoms with Crippen molar-refractivity contribution in [2.45, 2.75) is 30.7 Å². The van der Waals surface area contributed by atoms with Crippen molar-refractivity contribution in [1.82, 2.24) is 0 Å². The topological polar surface area (TPSA) is 204 Å². The fourth-order valence-corrected chi connectivity index (χ4v) is 4.23. The van der Waals surface area contributed by atoms with Crippen LogP contribution < -0.4 is 29.1 Å². The summed E-state index contributed by atoms with van der Waals surface area (Å²) in [5, 5.41) is 49.8. The zero-order valence-corrected chi connectivity index (χ0v) is 19.8. The number of methoxy groups -OCH3 is 2. The van der Waals surface area contributed by atoms with Crippen molar-refractivity contribution < 1.29 is 63.2 Å². The average molecular weight is 534 g/mol. The summed E-state index contributed by atoms with van der Waals surface area (Å²) < 4.78 is 37.8. The summed E-state index contributed by atoms with van der Waals surface area (Å²) in [4.78, 5) is 24.6. The second-order valence-electron chi connectivity index (χ2n) is 8.34. The molecule has 0 spiro atoms. The lowest BCUT2D eigenvalue weighted by Gasteiger charge is -2.38. The van der Waals surface area contributed by atoms with Crippen LogP contribution in [-0.4, -0.2) is 83.2 Å². The summed E-state index contributed by atoms with van der Waals surface area (Å²) in [6.45, 7) is -0.140. The molecule has 5 rings (SSSR count). The van der Waals surface area contributed by atoms with E-state index < -0.39 is 47.9 Å². The average Bonchev–Trinajstić information content (AvgIpc) is 3.37. The Bertz CT molecular complexity index is 1460. The highest BCUT2D eigenvalue weighted by atomic mass is 16.7. The van der Waals surface area contributed by atoms with Gasteiger partial charge in [0.1, 0.15) is 29.3 Å². The quantitative estimate of drug-likeness (QED) is 0.286. The normalized spacial score (nSPS) is 24.3. The number of aromatic hydroxyl groups is 1. The molecule has 1 fully saturated rings. The Morgan fingerprint density at radius 1 is 1.00 bits per heavy atom. The molecule has 1 aromatic heterocycles. The number of phenolic OH excluding ortho intramolecular Hbond substituents is 1. The van der Waals surface area contributed by atoms with Gasteiger partial charge in [0, 0.05) is 11.6 Å². The van der Waals surface area contributed by atoms with Crippen LogP contribution in [0.3, 0.4) is 0 Å². The SMILES string of the molecule is COc1cc(-c2oc3cc4c(c(O)c3c(=O)c2OC)OCO4)ccc1O[C@H]1O[C@@H](C(=O)O)[C@H](O)[C@@H](O)[C@@H]1O. The molecule has 1 saturated heterocycles. The van der Waals surface area contributed by atoms with Gasteiger partial charge in [-0.1, -0.05) is 0 Å². The van der Waals surface area contributed by atoms with E-state index in [9.17, 15) is 35.1 Å². The molecule has 5 N–H and O–H groups in total. The molecule has 14 nitrogen and oxygen atoms in total. The number of rotatable bonds is 6. The molecule has 0 bridgehead atoms. The molecule has 0 amide bonds. The minimum Gasteiger partial charge on any atom is -0.504 e. The van der Waals surface area contributed by atoms with Gasteiger partial charge in [0.05, 0.1) is 14.2 Å². The number of phenols is 1. The third-order valence-electron chi connectivity index (χ3n) is 6.14. The van der Waals surface area contributed by atoms with Gasteiger partial charge in [-0.2, -0.15) is 0 Å². The molecule has 3 heterocycles. The lowest BCUT2D eigenvalue weighted by Crippen LogP contribution is -2.61. The van der Waals surface area contributed by atoms with Crippen LogP contribution in [0, 0.1) is 0 Å². The van der Waals surface area contributed by atoms with E-state index in [1.54, 1.807) is 0 Å². The van der Waals surface area contributed by atoms with Crippen LogP contribution in [0.1, 0.15) is 0 Å². The van der Waals surface area contributed by atoms with Gasteiger partial charge in [-0.15, -0.1) is 0 Å². The number of carboxylic acid groups (broad SMARTS) is 1. The van der Waals surface area contributed by atoms with Crippen molar-refractivity contribution in [3.63, 3.8) is 0 Å². The largest absolute Gasteiger partial charge is 0.504 e. The molecule has 0 saturated carbocycles. The molecule has 0 aliphatic carbocycles.